The van der Waals surface area contributed by atoms with Crippen molar-refractivity contribution in [1.82, 2.24) is 18.3 Å². The van der Waals surface area contributed by atoms with Crippen molar-refractivity contribution in [3.8, 4) is 22.7 Å². The number of hydrogen-bond donors (Lipinski definition) is 0. The summed E-state index contributed by atoms with van der Waals surface area (Å²) in [6.07, 6.45) is 0. The first-order chi connectivity index (χ1) is 32.8. The topological polar surface area (TPSA) is 19.7 Å². The number of aromatic nitrogens is 4. The fraction of sp³-hybridized carbons (Fsp3) is 0. The first-order valence-corrected chi connectivity index (χ1v) is 22.8. The van der Waals surface area contributed by atoms with Gasteiger partial charge in [-0.1, -0.05) is 164 Å². The van der Waals surface area contributed by atoms with Crippen LogP contribution in [-0.2, 0) is 0 Å². The standard InChI is InChI=1S/C62H38N4/c1-3-22-43-39(16-1)18-13-32-53(43)65-57-30-11-8-27-48(57)52-37-59-51(38-60(52)65)47-26-7-9-28-55(47)63(59)41-20-15-21-42(36-41)64-56-29-10-5-24-45(56)49-34-35-50-46-25-6-12-31-58(46)66(62(50)61(49)64)54-33-14-19-40-17-2-4-23-44(40)54/h1-38H. The Morgan fingerprint density at radius 2 is 0.561 bits per heavy atom. The lowest BCUT2D eigenvalue weighted by molar-refractivity contribution is 1.13. The van der Waals surface area contributed by atoms with Gasteiger partial charge in [0.05, 0.1) is 55.5 Å². The molecule has 306 valence electrons. The zero-order valence-electron chi connectivity index (χ0n) is 35.7. The molecule has 0 aliphatic carbocycles. The van der Waals surface area contributed by atoms with E-state index in [0.717, 1.165) is 11.4 Å². The second kappa shape index (κ2) is 13.3. The van der Waals surface area contributed by atoms with Crippen LogP contribution in [0.5, 0.6) is 0 Å². The molecule has 11 aromatic carbocycles. The van der Waals surface area contributed by atoms with E-state index in [1.807, 2.05) is 0 Å². The maximum absolute atomic E-state index is 2.52. The maximum Gasteiger partial charge on any atom is 0.0789 e. The highest BCUT2D eigenvalue weighted by Gasteiger charge is 2.24. The zero-order chi connectivity index (χ0) is 43.0. The fourth-order valence-corrected chi connectivity index (χ4v) is 11.6. The number of rotatable bonds is 4. The van der Waals surface area contributed by atoms with Crippen LogP contribution in [-0.4, -0.2) is 18.3 Å². The molecule has 4 heterocycles. The molecule has 0 radical (unpaired) electrons. The number of benzene rings is 11. The molecule has 66 heavy (non-hydrogen) atoms. The van der Waals surface area contributed by atoms with Crippen LogP contribution >= 0.6 is 0 Å². The highest BCUT2D eigenvalue weighted by Crippen LogP contribution is 2.44. The van der Waals surface area contributed by atoms with Crippen LogP contribution in [0.2, 0.25) is 0 Å². The van der Waals surface area contributed by atoms with Gasteiger partial charge in [0.15, 0.2) is 0 Å². The Kier molecular flexibility index (Phi) is 7.19. The van der Waals surface area contributed by atoms with E-state index in [9.17, 15) is 0 Å². The molecule has 0 aliphatic heterocycles. The van der Waals surface area contributed by atoms with Crippen molar-refractivity contribution in [2.75, 3.05) is 0 Å². The van der Waals surface area contributed by atoms with Crippen LogP contribution in [0.4, 0.5) is 0 Å². The van der Waals surface area contributed by atoms with Crippen molar-refractivity contribution in [2.24, 2.45) is 0 Å². The monoisotopic (exact) mass is 838 g/mol. The molecule has 15 aromatic rings. The third-order valence-corrected chi connectivity index (χ3v) is 14.3. The molecule has 4 heteroatoms. The summed E-state index contributed by atoms with van der Waals surface area (Å²) in [4.78, 5) is 0. The summed E-state index contributed by atoms with van der Waals surface area (Å²) in [6, 6.07) is 85.1. The summed E-state index contributed by atoms with van der Waals surface area (Å²) < 4.78 is 9.98. The number of para-hydroxylation sites is 4. The Bertz CT molecular complexity index is 4520. The Hall–Kier alpha value is -8.86. The van der Waals surface area contributed by atoms with Crippen LogP contribution in [0.15, 0.2) is 231 Å². The van der Waals surface area contributed by atoms with Crippen molar-refractivity contribution >= 4 is 109 Å². The van der Waals surface area contributed by atoms with Crippen molar-refractivity contribution in [2.45, 2.75) is 0 Å². The largest absolute Gasteiger partial charge is 0.309 e. The van der Waals surface area contributed by atoms with Gasteiger partial charge < -0.3 is 18.3 Å². The molecule has 0 saturated heterocycles. The third kappa shape index (κ3) is 4.77. The lowest BCUT2D eigenvalue weighted by Crippen LogP contribution is -2.01. The van der Waals surface area contributed by atoms with E-state index in [0.29, 0.717) is 0 Å². The summed E-state index contributed by atoms with van der Waals surface area (Å²) in [6.45, 7) is 0. The van der Waals surface area contributed by atoms with Gasteiger partial charge in [-0.25, -0.2) is 0 Å². The normalized spacial score (nSPS) is 12.2. The van der Waals surface area contributed by atoms with Crippen molar-refractivity contribution < 1.29 is 0 Å². The highest BCUT2D eigenvalue weighted by molar-refractivity contribution is 6.25. The minimum atomic E-state index is 1.11. The molecule has 0 spiro atoms. The molecule has 0 bridgehead atoms. The molecule has 4 aromatic heterocycles. The van der Waals surface area contributed by atoms with Crippen LogP contribution in [0.3, 0.4) is 0 Å². The lowest BCUT2D eigenvalue weighted by atomic mass is 10.1. The molecule has 0 amide bonds. The van der Waals surface area contributed by atoms with Gasteiger partial charge in [0.2, 0.25) is 0 Å². The Labute approximate surface area is 378 Å². The molecule has 0 atom stereocenters. The van der Waals surface area contributed by atoms with Crippen LogP contribution in [0.25, 0.3) is 132 Å². The van der Waals surface area contributed by atoms with Crippen LogP contribution in [0.1, 0.15) is 0 Å². The molecule has 4 nitrogen and oxygen atoms in total. The van der Waals surface area contributed by atoms with Crippen LogP contribution < -0.4 is 0 Å². The van der Waals surface area contributed by atoms with E-state index >= 15 is 0 Å². The van der Waals surface area contributed by atoms with Crippen molar-refractivity contribution in [3.63, 3.8) is 0 Å². The molecule has 0 fully saturated rings. The van der Waals surface area contributed by atoms with Gasteiger partial charge in [0, 0.05) is 65.2 Å². The molecule has 0 N–H and O–H groups in total. The smallest absolute Gasteiger partial charge is 0.0789 e. The van der Waals surface area contributed by atoms with E-state index in [2.05, 4.69) is 249 Å². The molecule has 0 unspecified atom stereocenters. The van der Waals surface area contributed by atoms with Crippen molar-refractivity contribution in [1.29, 1.82) is 0 Å². The minimum absolute atomic E-state index is 1.11. The number of nitrogens with zero attached hydrogens (tertiary/aromatic N) is 4. The van der Waals surface area contributed by atoms with Gasteiger partial charge in [0.25, 0.3) is 0 Å². The van der Waals surface area contributed by atoms with Gasteiger partial charge >= 0.3 is 0 Å². The Balaban J connectivity index is 1.03. The molecular weight excluding hydrogens is 801 g/mol. The summed E-state index contributed by atoms with van der Waals surface area (Å²) in [5, 5.41) is 14.8. The number of hydrogen-bond acceptors (Lipinski definition) is 0. The first-order valence-electron chi connectivity index (χ1n) is 22.8. The number of fused-ring (bicyclic) bond motifs is 15. The van der Waals surface area contributed by atoms with E-state index in [4.69, 9.17) is 0 Å². The summed E-state index contributed by atoms with van der Waals surface area (Å²) in [5.41, 5.74) is 14.1. The predicted octanol–water partition coefficient (Wildman–Crippen LogP) is 16.4. The van der Waals surface area contributed by atoms with Gasteiger partial charge in [0.1, 0.15) is 0 Å². The summed E-state index contributed by atoms with van der Waals surface area (Å²) in [7, 11) is 0. The highest BCUT2D eigenvalue weighted by atomic mass is 15.1. The Morgan fingerprint density at radius 3 is 1.12 bits per heavy atom. The predicted molar refractivity (Wildman–Crippen MR) is 279 cm³/mol. The van der Waals surface area contributed by atoms with Gasteiger partial charge in [-0.15, -0.1) is 0 Å². The summed E-state index contributed by atoms with van der Waals surface area (Å²) >= 11 is 0. The second-order valence-corrected chi connectivity index (χ2v) is 17.7. The lowest BCUT2D eigenvalue weighted by Gasteiger charge is -2.15. The molecule has 15 rings (SSSR count). The average molecular weight is 839 g/mol. The first kappa shape index (κ1) is 35.6. The molecule has 0 aliphatic rings. The van der Waals surface area contributed by atoms with Gasteiger partial charge in [-0.05, 0) is 77.5 Å². The molecule has 0 saturated carbocycles. The van der Waals surface area contributed by atoms with E-state index < -0.39 is 0 Å². The van der Waals surface area contributed by atoms with E-state index in [-0.39, 0.29) is 0 Å². The van der Waals surface area contributed by atoms with Crippen molar-refractivity contribution in [3.05, 3.63) is 231 Å². The summed E-state index contributed by atoms with van der Waals surface area (Å²) in [5.74, 6) is 0. The van der Waals surface area contributed by atoms with Gasteiger partial charge in [-0.2, -0.15) is 0 Å². The quantitative estimate of drug-likeness (QED) is 0.168. The van der Waals surface area contributed by atoms with E-state index in [1.165, 1.54) is 120 Å². The van der Waals surface area contributed by atoms with E-state index in [1.54, 1.807) is 0 Å². The maximum atomic E-state index is 2.52. The Morgan fingerprint density at radius 1 is 0.197 bits per heavy atom. The minimum Gasteiger partial charge on any atom is -0.309 e. The fourth-order valence-electron chi connectivity index (χ4n) is 11.6. The molecular formula is C62H38N4. The zero-order valence-corrected chi connectivity index (χ0v) is 35.7. The third-order valence-electron chi connectivity index (χ3n) is 14.3. The second-order valence-electron chi connectivity index (χ2n) is 17.7. The average Bonchev–Trinajstić information content (AvgIpc) is 4.10. The van der Waals surface area contributed by atoms with Crippen LogP contribution in [0, 0.1) is 0 Å². The SMILES string of the molecule is c1cc(-n2c3ccccc3c3cc4c(cc32)c2ccccc2n4-c2cccc3ccccc23)cc(-n2c3ccccc3c3ccc4c5ccccc5n(-c5cccc6ccccc56)c4c32)c1. The van der Waals surface area contributed by atoms with Gasteiger partial charge in [-0.3, -0.25) is 0 Å².